The number of hydrogen-bond donors (Lipinski definition) is 0. The molecule has 1 aliphatic rings. The van der Waals surface area contributed by atoms with Crippen LogP contribution in [0.3, 0.4) is 0 Å². The highest BCUT2D eigenvalue weighted by Gasteiger charge is 2.24. The van der Waals surface area contributed by atoms with Crippen molar-refractivity contribution in [2.75, 3.05) is 4.90 Å². The number of rotatable bonds is 6. The van der Waals surface area contributed by atoms with Gasteiger partial charge in [-0.1, -0.05) is 153 Å². The molecule has 1 fully saturated rings. The van der Waals surface area contributed by atoms with Gasteiger partial charge in [-0.3, -0.25) is 0 Å². The summed E-state index contributed by atoms with van der Waals surface area (Å²) in [5.41, 5.74) is 10.1. The molecule has 1 saturated carbocycles. The first-order valence-corrected chi connectivity index (χ1v) is 19.5. The second-order valence-electron chi connectivity index (χ2n) is 14.3. The Morgan fingerprint density at radius 3 is 1.98 bits per heavy atom. The van der Waals surface area contributed by atoms with Crippen molar-refractivity contribution in [1.29, 1.82) is 0 Å². The van der Waals surface area contributed by atoms with E-state index in [4.69, 9.17) is 0 Å². The number of para-hydroxylation sites is 1. The van der Waals surface area contributed by atoms with Gasteiger partial charge in [0.05, 0.1) is 11.4 Å². The molecule has 0 N–H and O–H groups in total. The maximum absolute atomic E-state index is 2.54. The summed E-state index contributed by atoms with van der Waals surface area (Å²) in [7, 11) is 0. The van der Waals surface area contributed by atoms with Crippen molar-refractivity contribution in [1.82, 2.24) is 0 Å². The number of fused-ring (bicyclic) bond motifs is 5. The third-order valence-corrected chi connectivity index (χ3v) is 12.4. The predicted octanol–water partition coefficient (Wildman–Crippen LogP) is 15.2. The zero-order valence-electron chi connectivity index (χ0n) is 29.1. The van der Waals surface area contributed by atoms with E-state index < -0.39 is 0 Å². The van der Waals surface area contributed by atoms with Gasteiger partial charge in [-0.2, -0.15) is 0 Å². The highest BCUT2D eigenvalue weighted by Crippen LogP contribution is 2.49. The topological polar surface area (TPSA) is 3.24 Å². The standard InChI is InChI=1S/C50H39NS/c1-2-15-35(16-3-1)41-27-12-19-36-20-13-28-43(49(36)41)42-24-6-8-29-45(42)51(46-30-14-32-48-50(46)44-25-7-9-31-47(44)52-48)38-22-10-21-37(33-38)40-26-11-18-34-17-4-5-23-39(34)40/h4-14,17-33,35H,1-3,15-16H2. The molecule has 2 heteroatoms. The van der Waals surface area contributed by atoms with Gasteiger partial charge in [-0.25, -0.2) is 0 Å². The average Bonchev–Trinajstić information content (AvgIpc) is 3.60. The van der Waals surface area contributed by atoms with Crippen molar-refractivity contribution >= 4 is 70.1 Å². The fraction of sp³-hybridized carbons (Fsp3) is 0.120. The highest BCUT2D eigenvalue weighted by atomic mass is 32.1. The molecule has 8 aromatic carbocycles. The van der Waals surface area contributed by atoms with Crippen LogP contribution >= 0.6 is 11.3 Å². The predicted molar refractivity (Wildman–Crippen MR) is 226 cm³/mol. The Labute approximate surface area is 309 Å². The SMILES string of the molecule is c1cc(-c2cccc3ccccc23)cc(N(c2ccccc2-c2cccc3cccc(C4CCCCC4)c23)c2cccc3sc4ccccc4c23)c1. The quantitative estimate of drug-likeness (QED) is 0.168. The van der Waals surface area contributed by atoms with Gasteiger partial charge in [0.2, 0.25) is 0 Å². The molecule has 1 aromatic heterocycles. The summed E-state index contributed by atoms with van der Waals surface area (Å²) in [5.74, 6) is 0.602. The lowest BCUT2D eigenvalue weighted by molar-refractivity contribution is 0.445. The summed E-state index contributed by atoms with van der Waals surface area (Å²) in [5, 5.41) is 7.86. The van der Waals surface area contributed by atoms with Crippen LogP contribution in [0.4, 0.5) is 17.1 Å². The number of anilines is 3. The van der Waals surface area contributed by atoms with Gasteiger partial charge < -0.3 is 4.90 Å². The van der Waals surface area contributed by atoms with Gasteiger partial charge in [0, 0.05) is 31.4 Å². The van der Waals surface area contributed by atoms with Gasteiger partial charge in [-0.15, -0.1) is 11.3 Å². The molecular formula is C50H39NS. The zero-order valence-corrected chi connectivity index (χ0v) is 30.0. The average molecular weight is 686 g/mol. The summed E-state index contributed by atoms with van der Waals surface area (Å²) in [6.07, 6.45) is 6.54. The van der Waals surface area contributed by atoms with Crippen LogP contribution in [-0.4, -0.2) is 0 Å². The van der Waals surface area contributed by atoms with Crippen molar-refractivity contribution < 1.29 is 0 Å². The molecule has 0 atom stereocenters. The van der Waals surface area contributed by atoms with Crippen LogP contribution in [0, 0.1) is 0 Å². The minimum Gasteiger partial charge on any atom is -0.309 e. The number of nitrogens with zero attached hydrogens (tertiary/aromatic N) is 1. The Bertz CT molecular complexity index is 2740. The normalized spacial score (nSPS) is 13.7. The smallest absolute Gasteiger partial charge is 0.0555 e. The lowest BCUT2D eigenvalue weighted by Gasteiger charge is -2.30. The fourth-order valence-electron chi connectivity index (χ4n) is 8.88. The van der Waals surface area contributed by atoms with Crippen molar-refractivity contribution in [2.24, 2.45) is 0 Å². The molecule has 0 unspecified atom stereocenters. The molecule has 0 amide bonds. The summed E-state index contributed by atoms with van der Waals surface area (Å²) < 4.78 is 2.62. The van der Waals surface area contributed by atoms with E-state index in [1.54, 1.807) is 0 Å². The lowest BCUT2D eigenvalue weighted by Crippen LogP contribution is -2.12. The Kier molecular flexibility index (Phi) is 7.84. The van der Waals surface area contributed by atoms with Crippen LogP contribution in [0.15, 0.2) is 170 Å². The summed E-state index contributed by atoms with van der Waals surface area (Å²) >= 11 is 1.88. The maximum Gasteiger partial charge on any atom is 0.0555 e. The minimum atomic E-state index is 0.602. The Balaban J connectivity index is 1.25. The number of thiophene rings is 1. The van der Waals surface area contributed by atoms with Gasteiger partial charge in [0.1, 0.15) is 0 Å². The minimum absolute atomic E-state index is 0.602. The van der Waals surface area contributed by atoms with Crippen LogP contribution in [-0.2, 0) is 0 Å². The van der Waals surface area contributed by atoms with Crippen molar-refractivity contribution in [3.05, 3.63) is 175 Å². The second kappa shape index (κ2) is 13.1. The first-order valence-electron chi connectivity index (χ1n) is 18.7. The third kappa shape index (κ3) is 5.29. The van der Waals surface area contributed by atoms with Crippen molar-refractivity contribution in [2.45, 2.75) is 38.0 Å². The Morgan fingerprint density at radius 1 is 0.442 bits per heavy atom. The molecule has 0 aliphatic heterocycles. The van der Waals surface area contributed by atoms with Crippen LogP contribution < -0.4 is 4.90 Å². The molecule has 0 saturated heterocycles. The van der Waals surface area contributed by atoms with Crippen LogP contribution in [0.5, 0.6) is 0 Å². The van der Waals surface area contributed by atoms with E-state index in [0.29, 0.717) is 5.92 Å². The van der Waals surface area contributed by atoms with Crippen molar-refractivity contribution in [3.8, 4) is 22.3 Å². The fourth-order valence-corrected chi connectivity index (χ4v) is 10.0. The molecule has 9 aromatic rings. The van der Waals surface area contributed by atoms with E-state index >= 15 is 0 Å². The van der Waals surface area contributed by atoms with Crippen LogP contribution in [0.1, 0.15) is 43.6 Å². The molecule has 0 spiro atoms. The van der Waals surface area contributed by atoms with Crippen LogP contribution in [0.25, 0.3) is 64.0 Å². The zero-order chi connectivity index (χ0) is 34.4. The Morgan fingerprint density at radius 2 is 1.08 bits per heavy atom. The first-order chi connectivity index (χ1) is 25.8. The third-order valence-electron chi connectivity index (χ3n) is 11.2. The van der Waals surface area contributed by atoms with E-state index in [-0.39, 0.29) is 0 Å². The van der Waals surface area contributed by atoms with Crippen LogP contribution in [0.2, 0.25) is 0 Å². The molecule has 1 heterocycles. The van der Waals surface area contributed by atoms with E-state index in [0.717, 1.165) is 5.69 Å². The molecule has 1 aliphatic carbocycles. The largest absolute Gasteiger partial charge is 0.309 e. The van der Waals surface area contributed by atoms with E-state index in [9.17, 15) is 0 Å². The molecule has 250 valence electrons. The molecule has 10 rings (SSSR count). The lowest BCUT2D eigenvalue weighted by atomic mass is 9.80. The molecule has 1 nitrogen and oxygen atoms in total. The highest BCUT2D eigenvalue weighted by molar-refractivity contribution is 7.26. The monoisotopic (exact) mass is 685 g/mol. The summed E-state index contributed by atoms with van der Waals surface area (Å²) in [6, 6.07) is 63.2. The summed E-state index contributed by atoms with van der Waals surface area (Å²) in [6.45, 7) is 0. The molecule has 0 bridgehead atoms. The van der Waals surface area contributed by atoms with Gasteiger partial charge >= 0.3 is 0 Å². The van der Waals surface area contributed by atoms with E-state index in [1.165, 1.54) is 113 Å². The van der Waals surface area contributed by atoms with Crippen molar-refractivity contribution in [3.63, 3.8) is 0 Å². The molecular weight excluding hydrogens is 647 g/mol. The first kappa shape index (κ1) is 31.1. The number of hydrogen-bond acceptors (Lipinski definition) is 2. The summed E-state index contributed by atoms with van der Waals surface area (Å²) in [4.78, 5) is 2.54. The van der Waals surface area contributed by atoms with Gasteiger partial charge in [-0.05, 0) is 99.0 Å². The van der Waals surface area contributed by atoms with E-state index in [2.05, 4.69) is 175 Å². The van der Waals surface area contributed by atoms with Gasteiger partial charge in [0.25, 0.3) is 0 Å². The molecule has 52 heavy (non-hydrogen) atoms. The van der Waals surface area contributed by atoms with E-state index in [1.807, 2.05) is 11.3 Å². The molecule has 0 radical (unpaired) electrons. The van der Waals surface area contributed by atoms with Gasteiger partial charge in [0.15, 0.2) is 0 Å². The second-order valence-corrected chi connectivity index (χ2v) is 15.3. The maximum atomic E-state index is 2.54. The number of benzene rings is 8. The Hall–Kier alpha value is -5.70.